The zero-order chi connectivity index (χ0) is 23.5. The highest BCUT2D eigenvalue weighted by Gasteiger charge is 2.25. The molecule has 0 saturated heterocycles. The molecule has 1 aliphatic heterocycles. The van der Waals surface area contributed by atoms with Gasteiger partial charge in [-0.25, -0.2) is 9.97 Å². The van der Waals surface area contributed by atoms with Crippen LogP contribution in [0.1, 0.15) is 22.6 Å². The lowest BCUT2D eigenvalue weighted by atomic mass is 10.0. The number of anilines is 1. The smallest absolute Gasteiger partial charge is 0.226 e. The van der Waals surface area contributed by atoms with Gasteiger partial charge in [0.15, 0.2) is 0 Å². The van der Waals surface area contributed by atoms with Crippen molar-refractivity contribution < 1.29 is 9.53 Å². The fourth-order valence-corrected chi connectivity index (χ4v) is 6.51. The molecule has 0 atom stereocenters. The number of imidazole rings is 1. The second-order valence-corrected chi connectivity index (χ2v) is 10.4. The first kappa shape index (κ1) is 23.1. The molecule has 4 aromatic rings. The average molecular weight is 497 g/mol. The fraction of sp³-hybridized carbons (Fsp3) is 0.375. The number of hydrogen-bond donors (Lipinski definition) is 3. The minimum Gasteiger partial charge on any atom is -0.383 e. The van der Waals surface area contributed by atoms with Crippen molar-refractivity contribution >= 4 is 43.8 Å². The number of amides is 1. The number of methoxy groups -OCH3 is 1. The van der Waals surface area contributed by atoms with E-state index < -0.39 is 0 Å². The van der Waals surface area contributed by atoms with Crippen LogP contribution in [0.15, 0.2) is 30.7 Å². The third kappa shape index (κ3) is 4.77. The van der Waals surface area contributed by atoms with E-state index >= 15 is 0 Å². The minimum atomic E-state index is 0.00779. The molecule has 1 aliphatic rings. The summed E-state index contributed by atoms with van der Waals surface area (Å²) in [5.74, 6) is 0.00779. The molecule has 178 valence electrons. The van der Waals surface area contributed by atoms with Gasteiger partial charge in [-0.05, 0) is 37.6 Å². The van der Waals surface area contributed by atoms with Crippen molar-refractivity contribution in [2.45, 2.75) is 26.3 Å². The number of aromatic nitrogens is 3. The summed E-state index contributed by atoms with van der Waals surface area (Å²) < 4.78 is 8.18. The largest absolute Gasteiger partial charge is 0.383 e. The summed E-state index contributed by atoms with van der Waals surface area (Å²) in [6.45, 7) is 5.72. The van der Waals surface area contributed by atoms with E-state index in [1.165, 1.54) is 10.4 Å². The SMILES string of the molecule is COCCNCCC(=O)Nc1sc2c(c1-c1nc3c(-n4cnc(C)c4)cccc3s1)CCNC2. The normalized spacial score (nSPS) is 13.4. The average Bonchev–Trinajstić information content (AvgIpc) is 3.54. The molecule has 0 spiro atoms. The number of aryl methyl sites for hydroxylation is 1. The quantitative estimate of drug-likeness (QED) is 0.306. The maximum Gasteiger partial charge on any atom is 0.226 e. The van der Waals surface area contributed by atoms with Crippen LogP contribution in [0.3, 0.4) is 0 Å². The first-order chi connectivity index (χ1) is 16.6. The molecule has 5 rings (SSSR count). The molecule has 8 nitrogen and oxygen atoms in total. The zero-order valence-electron chi connectivity index (χ0n) is 19.3. The highest BCUT2D eigenvalue weighted by atomic mass is 32.1. The van der Waals surface area contributed by atoms with Gasteiger partial charge in [-0.3, -0.25) is 4.79 Å². The molecule has 10 heteroatoms. The lowest BCUT2D eigenvalue weighted by molar-refractivity contribution is -0.116. The molecule has 1 amide bonds. The third-order valence-electron chi connectivity index (χ3n) is 5.79. The molecule has 0 saturated carbocycles. The van der Waals surface area contributed by atoms with E-state index in [0.29, 0.717) is 19.6 Å². The first-order valence-corrected chi connectivity index (χ1v) is 13.0. The predicted molar refractivity (Wildman–Crippen MR) is 138 cm³/mol. The number of hydrogen-bond acceptors (Lipinski definition) is 8. The number of ether oxygens (including phenoxy) is 1. The lowest BCUT2D eigenvalue weighted by Crippen LogP contribution is -2.24. The summed E-state index contributed by atoms with van der Waals surface area (Å²) in [6.07, 6.45) is 5.18. The van der Waals surface area contributed by atoms with E-state index in [-0.39, 0.29) is 5.91 Å². The van der Waals surface area contributed by atoms with Gasteiger partial charge in [-0.2, -0.15) is 0 Å². The fourth-order valence-electron chi connectivity index (χ4n) is 4.14. The number of carbonyl (C=O) groups is 1. The topological polar surface area (TPSA) is 93.1 Å². The van der Waals surface area contributed by atoms with Crippen molar-refractivity contribution in [2.24, 2.45) is 0 Å². The Balaban J connectivity index is 1.47. The van der Waals surface area contributed by atoms with Gasteiger partial charge in [-0.1, -0.05) is 6.07 Å². The number of nitrogens with one attached hydrogen (secondary N) is 3. The van der Waals surface area contributed by atoms with Crippen molar-refractivity contribution in [3.63, 3.8) is 0 Å². The molecular weight excluding hydrogens is 468 g/mol. The molecule has 0 unspecified atom stereocenters. The maximum absolute atomic E-state index is 12.7. The van der Waals surface area contributed by atoms with Crippen LogP contribution in [0.5, 0.6) is 0 Å². The van der Waals surface area contributed by atoms with Crippen LogP contribution in [-0.4, -0.2) is 53.8 Å². The number of para-hydroxylation sites is 1. The molecule has 4 heterocycles. The van der Waals surface area contributed by atoms with Gasteiger partial charge in [0.1, 0.15) is 15.5 Å². The second-order valence-electron chi connectivity index (χ2n) is 8.24. The van der Waals surface area contributed by atoms with Gasteiger partial charge in [0.05, 0.1) is 29.0 Å². The molecule has 3 N–H and O–H groups in total. The van der Waals surface area contributed by atoms with Gasteiger partial charge in [0.25, 0.3) is 0 Å². The number of thiophene rings is 1. The molecule has 34 heavy (non-hydrogen) atoms. The first-order valence-electron chi connectivity index (χ1n) is 11.4. The number of fused-ring (bicyclic) bond motifs is 2. The van der Waals surface area contributed by atoms with E-state index in [2.05, 4.69) is 39.1 Å². The Kier molecular flexibility index (Phi) is 7.02. The summed E-state index contributed by atoms with van der Waals surface area (Å²) in [6, 6.07) is 6.23. The minimum absolute atomic E-state index is 0.00779. The van der Waals surface area contributed by atoms with E-state index in [9.17, 15) is 4.79 Å². The van der Waals surface area contributed by atoms with Crippen LogP contribution >= 0.6 is 22.7 Å². The van der Waals surface area contributed by atoms with Crippen molar-refractivity contribution in [1.82, 2.24) is 25.2 Å². The van der Waals surface area contributed by atoms with Crippen LogP contribution in [-0.2, 0) is 22.5 Å². The van der Waals surface area contributed by atoms with Crippen LogP contribution in [0.2, 0.25) is 0 Å². The van der Waals surface area contributed by atoms with Crippen LogP contribution in [0.25, 0.3) is 26.5 Å². The highest BCUT2D eigenvalue weighted by Crippen LogP contribution is 2.45. The molecule has 1 aromatic carbocycles. The predicted octanol–water partition coefficient (Wildman–Crippen LogP) is 3.73. The van der Waals surface area contributed by atoms with Gasteiger partial charge >= 0.3 is 0 Å². The van der Waals surface area contributed by atoms with Crippen molar-refractivity contribution in [3.8, 4) is 16.3 Å². The number of nitrogens with zero attached hydrogens (tertiary/aromatic N) is 3. The number of benzene rings is 1. The van der Waals surface area contributed by atoms with Crippen LogP contribution in [0.4, 0.5) is 5.00 Å². The Morgan fingerprint density at radius 3 is 3.03 bits per heavy atom. The third-order valence-corrected chi connectivity index (χ3v) is 7.98. The van der Waals surface area contributed by atoms with Crippen LogP contribution in [0, 0.1) is 6.92 Å². The van der Waals surface area contributed by atoms with E-state index in [0.717, 1.165) is 63.2 Å². The second kappa shape index (κ2) is 10.3. The summed E-state index contributed by atoms with van der Waals surface area (Å²) >= 11 is 3.34. The molecular formula is C24H28N6O2S2. The van der Waals surface area contributed by atoms with Gasteiger partial charge in [0, 0.05) is 49.8 Å². The summed E-state index contributed by atoms with van der Waals surface area (Å²) in [5.41, 5.74) is 5.31. The number of thiazole rings is 1. The highest BCUT2D eigenvalue weighted by molar-refractivity contribution is 7.23. The molecule has 3 aromatic heterocycles. The van der Waals surface area contributed by atoms with Gasteiger partial charge in [-0.15, -0.1) is 22.7 Å². The van der Waals surface area contributed by atoms with E-state index in [1.54, 1.807) is 29.8 Å². The van der Waals surface area contributed by atoms with E-state index in [1.807, 2.05) is 24.0 Å². The van der Waals surface area contributed by atoms with Gasteiger partial charge < -0.3 is 25.3 Å². The lowest BCUT2D eigenvalue weighted by Gasteiger charge is -2.13. The van der Waals surface area contributed by atoms with Crippen molar-refractivity contribution in [2.75, 3.05) is 38.7 Å². The Morgan fingerprint density at radius 1 is 1.29 bits per heavy atom. The zero-order valence-corrected chi connectivity index (χ0v) is 20.9. The van der Waals surface area contributed by atoms with Crippen LogP contribution < -0.4 is 16.0 Å². The van der Waals surface area contributed by atoms with Gasteiger partial charge in [0.2, 0.25) is 5.91 Å². The molecule has 0 bridgehead atoms. The standard InChI is InChI=1S/C24H28N6O2S2/c1-15-13-30(14-27-15)17-4-3-5-18-22(17)29-24(33-18)21-16-6-8-26-12-19(16)34-23(21)28-20(31)7-9-25-10-11-32-2/h3-5,13-14,25-26H,6-12H2,1-2H3,(H,28,31). The Hall–Kier alpha value is -2.63. The number of carbonyl (C=O) groups excluding carboxylic acids is 1. The summed E-state index contributed by atoms with van der Waals surface area (Å²) in [4.78, 5) is 23.5. The summed E-state index contributed by atoms with van der Waals surface area (Å²) in [5, 5.41) is 11.7. The molecule has 0 fully saturated rings. The molecule has 0 aliphatic carbocycles. The maximum atomic E-state index is 12.7. The number of rotatable bonds is 9. The Labute approximate surface area is 206 Å². The Morgan fingerprint density at radius 2 is 2.21 bits per heavy atom. The van der Waals surface area contributed by atoms with E-state index in [4.69, 9.17) is 9.72 Å². The Bertz CT molecular complexity index is 1310. The van der Waals surface area contributed by atoms with Crippen molar-refractivity contribution in [1.29, 1.82) is 0 Å². The monoisotopic (exact) mass is 496 g/mol. The van der Waals surface area contributed by atoms with Crippen molar-refractivity contribution in [3.05, 3.63) is 46.9 Å². The molecule has 0 radical (unpaired) electrons. The summed E-state index contributed by atoms with van der Waals surface area (Å²) in [7, 11) is 1.67.